The summed E-state index contributed by atoms with van der Waals surface area (Å²) in [6.07, 6.45) is -6.79. The Morgan fingerprint density at radius 2 is 1.71 bits per heavy atom. The van der Waals surface area contributed by atoms with E-state index < -0.39 is 74.1 Å². The molecular weight excluding hydrogens is 689 g/mol. The number of likely N-dealkylation sites (tertiary alicyclic amines) is 1. The fraction of sp³-hybridized carbons (Fsp3) is 0.514. The molecule has 2 heterocycles. The zero-order valence-corrected chi connectivity index (χ0v) is 31.3. The Kier molecular flexibility index (Phi) is 13.0. The molecule has 14 heteroatoms. The minimum absolute atomic E-state index is 0.0588. The van der Waals surface area contributed by atoms with Gasteiger partial charge in [0.25, 0.3) is 5.56 Å². The molecule has 3 aromatic rings. The van der Waals surface area contributed by atoms with Crippen LogP contribution < -0.4 is 10.3 Å². The van der Waals surface area contributed by atoms with E-state index in [0.717, 1.165) is 6.07 Å². The molecule has 8 nitrogen and oxygen atoms in total. The number of ether oxygens (including phenoxy) is 1. The first-order valence-corrected chi connectivity index (χ1v) is 19.0. The summed E-state index contributed by atoms with van der Waals surface area (Å²) in [6.45, 7) is 10.3. The maximum absolute atomic E-state index is 15.9. The number of methoxy groups -OCH3 is 1. The van der Waals surface area contributed by atoms with Crippen molar-refractivity contribution in [2.75, 3.05) is 26.7 Å². The molecule has 2 atom stereocenters. The molecule has 0 aliphatic carbocycles. The summed E-state index contributed by atoms with van der Waals surface area (Å²) in [5.74, 6) is -3.93. The van der Waals surface area contributed by atoms with Gasteiger partial charge in [-0.2, -0.15) is 18.3 Å². The van der Waals surface area contributed by atoms with E-state index in [4.69, 9.17) is 4.74 Å². The fourth-order valence-corrected chi connectivity index (χ4v) is 8.80. The standard InChI is InChI=1S/C37H46F5N3O5Si/c1-20(2)19-51-36(45-32(47)13-21(3)30(43-45)9-10-44-17-26(38)18-44)31(46)8-7-24(16-33(48)49)28-14-25(15-29(35(28)39)37(40,41)42)34-22(4)11-27(50-6)12-23(34)5/h11-15,20,24,26,36H,7-10,16-19,51H2,1-6H3,(H,48,49)/t24-,36-/m0/s1. The Morgan fingerprint density at radius 3 is 2.25 bits per heavy atom. The average molecular weight is 736 g/mol. The van der Waals surface area contributed by atoms with Gasteiger partial charge in [0, 0.05) is 38.5 Å². The first-order chi connectivity index (χ1) is 23.9. The second-order valence-corrected chi connectivity index (χ2v) is 15.9. The number of aliphatic carboxylic acids is 1. The third kappa shape index (κ3) is 9.91. The number of aromatic nitrogens is 2. The number of alkyl halides is 4. The van der Waals surface area contributed by atoms with E-state index in [1.54, 1.807) is 32.9 Å². The molecule has 0 bridgehead atoms. The van der Waals surface area contributed by atoms with Gasteiger partial charge in [0.05, 0.1) is 40.0 Å². The Hall–Kier alpha value is -3.91. The molecule has 0 saturated carbocycles. The summed E-state index contributed by atoms with van der Waals surface area (Å²) < 4.78 is 78.5. The van der Waals surface area contributed by atoms with Crippen LogP contribution >= 0.6 is 0 Å². The number of carboxylic acids is 1. The first kappa shape index (κ1) is 39.9. The number of hydrogen-bond acceptors (Lipinski definition) is 6. The van der Waals surface area contributed by atoms with Gasteiger partial charge in [-0.05, 0) is 96.7 Å². The Morgan fingerprint density at radius 1 is 1.06 bits per heavy atom. The number of halogens is 5. The van der Waals surface area contributed by atoms with Gasteiger partial charge in [-0.15, -0.1) is 0 Å². The normalized spacial score (nSPS) is 15.4. The SMILES string of the molecule is COc1cc(C)c(-c2cc([C@@H](CCC(=O)[C@H]([SiH2]CC(C)C)n3nc(CCN4CC(F)C4)c(C)cc3=O)CC(=O)O)c(F)c(C(F)(F)F)c2)c(C)c1. The van der Waals surface area contributed by atoms with Crippen molar-refractivity contribution in [3.63, 3.8) is 0 Å². The highest BCUT2D eigenvalue weighted by molar-refractivity contribution is 6.43. The zero-order valence-electron chi connectivity index (χ0n) is 29.9. The summed E-state index contributed by atoms with van der Waals surface area (Å²) in [5, 5.41) is 14.4. The third-order valence-corrected chi connectivity index (χ3v) is 12.4. The van der Waals surface area contributed by atoms with Gasteiger partial charge in [-0.1, -0.05) is 19.9 Å². The summed E-state index contributed by atoms with van der Waals surface area (Å²) in [7, 11) is 0.135. The number of benzene rings is 2. The van der Waals surface area contributed by atoms with Crippen LogP contribution in [0.25, 0.3) is 11.1 Å². The Bertz CT molecular complexity index is 1780. The number of rotatable bonds is 16. The Balaban J connectivity index is 1.71. The topological polar surface area (TPSA) is 102 Å². The highest BCUT2D eigenvalue weighted by Gasteiger charge is 2.38. The molecule has 1 aromatic heterocycles. The lowest BCUT2D eigenvalue weighted by molar-refractivity contribution is -0.140. The van der Waals surface area contributed by atoms with Crippen LogP contribution in [0.2, 0.25) is 6.04 Å². The lowest BCUT2D eigenvalue weighted by Crippen LogP contribution is -2.49. The van der Waals surface area contributed by atoms with E-state index >= 15 is 4.39 Å². The number of Topliss-reactive ketones (excluding diaryl/α,β-unsaturated/α-hetero) is 1. The molecule has 0 radical (unpaired) electrons. The monoisotopic (exact) mass is 735 g/mol. The molecule has 1 saturated heterocycles. The van der Waals surface area contributed by atoms with Crippen molar-refractivity contribution in [2.24, 2.45) is 5.92 Å². The number of aryl methyl sites for hydroxylation is 3. The molecular formula is C37H46F5N3O5Si. The molecule has 1 fully saturated rings. The highest BCUT2D eigenvalue weighted by atomic mass is 28.2. The van der Waals surface area contributed by atoms with Crippen LogP contribution in [0.1, 0.15) is 78.2 Å². The van der Waals surface area contributed by atoms with E-state index in [1.807, 2.05) is 18.7 Å². The van der Waals surface area contributed by atoms with Crippen LogP contribution in [0.5, 0.6) is 5.75 Å². The zero-order chi connectivity index (χ0) is 37.8. The molecule has 0 unspecified atom stereocenters. The predicted octanol–water partition coefficient (Wildman–Crippen LogP) is 6.55. The van der Waals surface area contributed by atoms with Crippen LogP contribution in [0, 0.1) is 32.5 Å². The van der Waals surface area contributed by atoms with Gasteiger partial charge in [0.2, 0.25) is 0 Å². The van der Waals surface area contributed by atoms with Gasteiger partial charge in [0.15, 0.2) is 5.78 Å². The van der Waals surface area contributed by atoms with Crippen LogP contribution in [-0.2, 0) is 22.2 Å². The van der Waals surface area contributed by atoms with E-state index in [-0.39, 0.29) is 24.3 Å². The highest BCUT2D eigenvalue weighted by Crippen LogP contribution is 2.42. The minimum atomic E-state index is -5.08. The summed E-state index contributed by atoms with van der Waals surface area (Å²) in [6, 6.07) is 7.35. The van der Waals surface area contributed by atoms with Crippen molar-refractivity contribution < 1.29 is 41.4 Å². The summed E-state index contributed by atoms with van der Waals surface area (Å²) >= 11 is 0. The molecule has 4 rings (SSSR count). The molecule has 2 aromatic carbocycles. The Labute approximate surface area is 296 Å². The van der Waals surface area contributed by atoms with Gasteiger partial charge in [0.1, 0.15) is 17.7 Å². The number of carbonyl (C=O) groups excluding carboxylic acids is 1. The molecule has 1 aliphatic heterocycles. The van der Waals surface area contributed by atoms with Crippen LogP contribution in [0.3, 0.4) is 0 Å². The summed E-state index contributed by atoms with van der Waals surface area (Å²) in [5.41, 5.74) is -0.471. The second kappa shape index (κ2) is 16.6. The van der Waals surface area contributed by atoms with Gasteiger partial charge in [-0.3, -0.25) is 19.3 Å². The van der Waals surface area contributed by atoms with Gasteiger partial charge >= 0.3 is 12.1 Å². The van der Waals surface area contributed by atoms with Crippen LogP contribution in [-0.4, -0.2) is 74.0 Å². The smallest absolute Gasteiger partial charge is 0.419 e. The fourth-order valence-electron chi connectivity index (χ4n) is 6.78. The quantitative estimate of drug-likeness (QED) is 0.132. The number of nitrogens with zero attached hydrogens (tertiary/aromatic N) is 3. The van der Waals surface area contributed by atoms with E-state index in [2.05, 4.69) is 5.10 Å². The molecule has 51 heavy (non-hydrogen) atoms. The maximum atomic E-state index is 15.9. The van der Waals surface area contributed by atoms with E-state index in [0.29, 0.717) is 65.8 Å². The van der Waals surface area contributed by atoms with E-state index in [9.17, 15) is 37.1 Å². The van der Waals surface area contributed by atoms with Crippen molar-refractivity contribution in [1.82, 2.24) is 14.7 Å². The van der Waals surface area contributed by atoms with Crippen molar-refractivity contribution >= 4 is 21.3 Å². The number of hydrogen-bond donors (Lipinski definition) is 1. The molecule has 1 N–H and O–H groups in total. The van der Waals surface area contributed by atoms with E-state index in [1.165, 1.54) is 23.9 Å². The molecule has 1 aliphatic rings. The van der Waals surface area contributed by atoms with Crippen molar-refractivity contribution in [3.8, 4) is 16.9 Å². The second-order valence-electron chi connectivity index (χ2n) is 14.0. The molecule has 0 spiro atoms. The van der Waals surface area contributed by atoms with Gasteiger partial charge < -0.3 is 9.84 Å². The lowest BCUT2D eigenvalue weighted by atomic mass is 9.85. The maximum Gasteiger partial charge on any atom is 0.419 e. The third-order valence-electron chi connectivity index (χ3n) is 9.55. The summed E-state index contributed by atoms with van der Waals surface area (Å²) in [4.78, 5) is 41.2. The number of ketones is 1. The molecule has 278 valence electrons. The molecule has 0 amide bonds. The first-order valence-electron chi connectivity index (χ1n) is 17.2. The number of carbonyl (C=O) groups is 2. The van der Waals surface area contributed by atoms with Gasteiger partial charge in [-0.25, -0.2) is 13.5 Å². The van der Waals surface area contributed by atoms with Crippen LogP contribution in [0.4, 0.5) is 22.0 Å². The minimum Gasteiger partial charge on any atom is -0.497 e. The van der Waals surface area contributed by atoms with Crippen molar-refractivity contribution in [1.29, 1.82) is 0 Å². The predicted molar refractivity (Wildman–Crippen MR) is 188 cm³/mol. The lowest BCUT2D eigenvalue weighted by Gasteiger charge is -2.34. The van der Waals surface area contributed by atoms with Crippen molar-refractivity contribution in [3.05, 3.63) is 80.0 Å². The largest absolute Gasteiger partial charge is 0.497 e. The van der Waals surface area contributed by atoms with Crippen molar-refractivity contribution in [2.45, 2.75) is 90.3 Å². The van der Waals surface area contributed by atoms with Crippen LogP contribution in [0.15, 0.2) is 35.1 Å². The number of carboxylic acid groups (broad SMARTS) is 1. The average Bonchev–Trinajstić information content (AvgIpc) is 3.01.